The molecule has 2 rings (SSSR count). The number of nitrogens with zero attached hydrogens (tertiary/aromatic N) is 1. The van der Waals surface area contributed by atoms with Crippen molar-refractivity contribution in [2.45, 2.75) is 40.2 Å². The van der Waals surface area contributed by atoms with Gasteiger partial charge in [-0.3, -0.25) is 4.79 Å². The fraction of sp³-hybridized carbons (Fsp3) is 0.579. The highest BCUT2D eigenvalue weighted by molar-refractivity contribution is 14.0. The number of nitrogens with one attached hydrogen (secondary N) is 3. The van der Waals surface area contributed by atoms with Gasteiger partial charge in [-0.1, -0.05) is 12.1 Å². The number of carbonyl (C=O) groups excluding carboxylic acids is 1. The molecule has 1 fully saturated rings. The van der Waals surface area contributed by atoms with Crippen LogP contribution < -0.4 is 20.7 Å². The molecular weight excluding hydrogens is 443 g/mol. The second-order valence-corrected chi connectivity index (χ2v) is 6.23. The number of aliphatic imine (C=N–C) groups is 1. The van der Waals surface area contributed by atoms with Gasteiger partial charge in [-0.15, -0.1) is 24.0 Å². The van der Waals surface area contributed by atoms with Crippen LogP contribution in [0.4, 0.5) is 0 Å². The standard InChI is InChI=1S/C19H30N4O2.HI/c1-4-20-19(22-11-10-21-18(24)15-8-9-15)23-13-16-7-6-14(3)12-17(16)25-5-2;/h6-7,12,15H,4-5,8-11,13H2,1-3H3,(H,21,24)(H2,20,22,23);1H. The largest absolute Gasteiger partial charge is 0.494 e. The Morgan fingerprint density at radius 3 is 2.58 bits per heavy atom. The number of benzene rings is 1. The number of ether oxygens (including phenoxy) is 1. The van der Waals surface area contributed by atoms with Gasteiger partial charge in [0.1, 0.15) is 5.75 Å². The molecule has 1 amide bonds. The summed E-state index contributed by atoms with van der Waals surface area (Å²) in [6.45, 7) is 9.29. The highest BCUT2D eigenvalue weighted by atomic mass is 127. The number of carbonyl (C=O) groups is 1. The molecule has 6 nitrogen and oxygen atoms in total. The highest BCUT2D eigenvalue weighted by Gasteiger charge is 2.28. The number of halogens is 1. The lowest BCUT2D eigenvalue weighted by molar-refractivity contribution is -0.122. The summed E-state index contributed by atoms with van der Waals surface area (Å²) in [5.74, 6) is 2.05. The molecule has 1 aliphatic rings. The quantitative estimate of drug-likeness (QED) is 0.223. The van der Waals surface area contributed by atoms with Crippen molar-refractivity contribution >= 4 is 35.8 Å². The Bertz CT molecular complexity index is 603. The SMILES string of the molecule is CCNC(=NCc1ccc(C)cc1OCC)NCCNC(=O)C1CC1.I. The zero-order chi connectivity index (χ0) is 18.1. The lowest BCUT2D eigenvalue weighted by Crippen LogP contribution is -2.41. The minimum absolute atomic E-state index is 0. The molecule has 0 heterocycles. The molecule has 0 spiro atoms. The van der Waals surface area contributed by atoms with Crippen LogP contribution in [0, 0.1) is 12.8 Å². The lowest BCUT2D eigenvalue weighted by atomic mass is 10.1. The van der Waals surface area contributed by atoms with Crippen molar-refractivity contribution in [1.29, 1.82) is 0 Å². The summed E-state index contributed by atoms with van der Waals surface area (Å²) in [6, 6.07) is 6.17. The molecule has 0 aliphatic heterocycles. The maximum Gasteiger partial charge on any atom is 0.223 e. The van der Waals surface area contributed by atoms with Crippen LogP contribution in [0.5, 0.6) is 5.75 Å². The van der Waals surface area contributed by atoms with Gasteiger partial charge in [0.15, 0.2) is 5.96 Å². The van der Waals surface area contributed by atoms with Crippen molar-refractivity contribution in [2.24, 2.45) is 10.9 Å². The van der Waals surface area contributed by atoms with E-state index in [4.69, 9.17) is 4.74 Å². The van der Waals surface area contributed by atoms with Gasteiger partial charge in [-0.25, -0.2) is 4.99 Å². The normalized spacial score (nSPS) is 13.6. The van der Waals surface area contributed by atoms with Crippen molar-refractivity contribution in [3.63, 3.8) is 0 Å². The van der Waals surface area contributed by atoms with E-state index in [9.17, 15) is 4.79 Å². The summed E-state index contributed by atoms with van der Waals surface area (Å²) >= 11 is 0. The molecule has 0 atom stereocenters. The fourth-order valence-electron chi connectivity index (χ4n) is 2.44. The Morgan fingerprint density at radius 1 is 1.19 bits per heavy atom. The first-order valence-corrected chi connectivity index (χ1v) is 9.16. The van der Waals surface area contributed by atoms with Crippen molar-refractivity contribution < 1.29 is 9.53 Å². The van der Waals surface area contributed by atoms with Gasteiger partial charge in [-0.2, -0.15) is 0 Å². The van der Waals surface area contributed by atoms with Gasteiger partial charge in [0, 0.05) is 31.1 Å². The zero-order valence-corrected chi connectivity index (χ0v) is 18.3. The van der Waals surface area contributed by atoms with Crippen LogP contribution in [0.25, 0.3) is 0 Å². The van der Waals surface area contributed by atoms with E-state index in [0.717, 1.165) is 36.7 Å². The van der Waals surface area contributed by atoms with Crippen molar-refractivity contribution in [2.75, 3.05) is 26.2 Å². The number of amides is 1. The summed E-state index contributed by atoms with van der Waals surface area (Å²) in [5.41, 5.74) is 2.24. The Labute approximate surface area is 173 Å². The van der Waals surface area contributed by atoms with E-state index in [1.54, 1.807) is 0 Å². The molecule has 1 aromatic carbocycles. The molecule has 146 valence electrons. The van der Waals surface area contributed by atoms with Crippen LogP contribution in [0.15, 0.2) is 23.2 Å². The van der Waals surface area contributed by atoms with Gasteiger partial charge in [-0.05, 0) is 45.2 Å². The summed E-state index contributed by atoms with van der Waals surface area (Å²) in [6.07, 6.45) is 2.06. The molecule has 3 N–H and O–H groups in total. The van der Waals surface area contributed by atoms with Crippen LogP contribution in [-0.4, -0.2) is 38.1 Å². The molecule has 1 aliphatic carbocycles. The summed E-state index contributed by atoms with van der Waals surface area (Å²) in [5, 5.41) is 9.42. The van der Waals surface area contributed by atoms with E-state index < -0.39 is 0 Å². The monoisotopic (exact) mass is 474 g/mol. The molecule has 0 bridgehead atoms. The fourth-order valence-corrected chi connectivity index (χ4v) is 2.44. The third-order valence-corrected chi connectivity index (χ3v) is 3.94. The van der Waals surface area contributed by atoms with Gasteiger partial charge < -0.3 is 20.7 Å². The van der Waals surface area contributed by atoms with E-state index >= 15 is 0 Å². The first kappa shape index (κ1) is 22.5. The number of hydrogen-bond acceptors (Lipinski definition) is 3. The third-order valence-electron chi connectivity index (χ3n) is 3.94. The molecule has 1 saturated carbocycles. The molecule has 7 heteroatoms. The maximum atomic E-state index is 11.6. The van der Waals surface area contributed by atoms with Crippen molar-refractivity contribution in [3.05, 3.63) is 29.3 Å². The maximum absolute atomic E-state index is 11.6. The van der Waals surface area contributed by atoms with Crippen LogP contribution >= 0.6 is 24.0 Å². The Hall–Kier alpha value is -1.51. The van der Waals surface area contributed by atoms with E-state index in [1.165, 1.54) is 5.56 Å². The molecule has 0 unspecified atom stereocenters. The average Bonchev–Trinajstić information content (AvgIpc) is 3.43. The predicted octanol–water partition coefficient (Wildman–Crippen LogP) is 2.59. The summed E-state index contributed by atoms with van der Waals surface area (Å²) < 4.78 is 5.71. The highest BCUT2D eigenvalue weighted by Crippen LogP contribution is 2.28. The molecule has 0 radical (unpaired) electrons. The minimum Gasteiger partial charge on any atom is -0.494 e. The number of rotatable bonds is 9. The van der Waals surface area contributed by atoms with E-state index in [1.807, 2.05) is 19.9 Å². The Balaban J connectivity index is 0.00000338. The van der Waals surface area contributed by atoms with E-state index in [2.05, 4.69) is 40.0 Å². The van der Waals surface area contributed by atoms with Crippen molar-refractivity contribution in [3.8, 4) is 5.75 Å². The van der Waals surface area contributed by atoms with Crippen LogP contribution in [0.3, 0.4) is 0 Å². The molecular formula is C19H31IN4O2. The second-order valence-electron chi connectivity index (χ2n) is 6.23. The van der Waals surface area contributed by atoms with Gasteiger partial charge in [0.05, 0.1) is 13.2 Å². The third kappa shape index (κ3) is 7.80. The molecule has 0 aromatic heterocycles. The molecule has 0 saturated heterocycles. The van der Waals surface area contributed by atoms with Crippen LogP contribution in [-0.2, 0) is 11.3 Å². The Morgan fingerprint density at radius 2 is 1.92 bits per heavy atom. The predicted molar refractivity (Wildman–Crippen MR) is 116 cm³/mol. The average molecular weight is 474 g/mol. The van der Waals surface area contributed by atoms with E-state index in [0.29, 0.717) is 26.2 Å². The van der Waals surface area contributed by atoms with Crippen LogP contribution in [0.2, 0.25) is 0 Å². The summed E-state index contributed by atoms with van der Waals surface area (Å²) in [4.78, 5) is 16.2. The Kier molecular flexibility index (Phi) is 10.4. The van der Waals surface area contributed by atoms with Crippen LogP contribution in [0.1, 0.15) is 37.8 Å². The topological polar surface area (TPSA) is 74.8 Å². The number of aryl methyl sites for hydroxylation is 1. The molecule has 26 heavy (non-hydrogen) atoms. The lowest BCUT2D eigenvalue weighted by Gasteiger charge is -2.13. The second kappa shape index (κ2) is 12.0. The minimum atomic E-state index is 0. The van der Waals surface area contributed by atoms with Gasteiger partial charge in [0.25, 0.3) is 0 Å². The number of guanidine groups is 1. The summed E-state index contributed by atoms with van der Waals surface area (Å²) in [7, 11) is 0. The first-order valence-electron chi connectivity index (χ1n) is 9.16. The van der Waals surface area contributed by atoms with E-state index in [-0.39, 0.29) is 35.8 Å². The molecule has 1 aromatic rings. The van der Waals surface area contributed by atoms with Gasteiger partial charge in [0.2, 0.25) is 5.91 Å². The number of hydrogen-bond donors (Lipinski definition) is 3. The smallest absolute Gasteiger partial charge is 0.223 e. The zero-order valence-electron chi connectivity index (χ0n) is 15.9. The van der Waals surface area contributed by atoms with Gasteiger partial charge >= 0.3 is 0 Å². The first-order chi connectivity index (χ1) is 12.1. The van der Waals surface area contributed by atoms with Crippen molar-refractivity contribution in [1.82, 2.24) is 16.0 Å².